The van der Waals surface area contributed by atoms with Crippen LogP contribution in [0.1, 0.15) is 115 Å². The van der Waals surface area contributed by atoms with Gasteiger partial charge in [0, 0.05) is 30.5 Å². The number of carbonyl (C=O) groups is 5. The van der Waals surface area contributed by atoms with Crippen molar-refractivity contribution in [2.75, 3.05) is 46.1 Å². The molecule has 294 valence electrons. The number of rotatable bonds is 21. The first-order chi connectivity index (χ1) is 23.3. The molecule has 0 radical (unpaired) electrons. The number of amides is 3. The smallest absolute Gasteiger partial charge is 0.329 e. The van der Waals surface area contributed by atoms with E-state index in [1.807, 2.05) is 20.8 Å². The zero-order valence-electron chi connectivity index (χ0n) is 33.0. The Morgan fingerprint density at radius 3 is 1.84 bits per heavy atom. The molecule has 0 aliphatic rings. The van der Waals surface area contributed by atoms with Crippen molar-refractivity contribution in [3.8, 4) is 0 Å². The largest absolute Gasteiger partial charge is 0.460 e. The number of ether oxygens (including phenoxy) is 5. The summed E-state index contributed by atoms with van der Waals surface area (Å²) in [5.74, 6) is -2.09. The zero-order valence-corrected chi connectivity index (χ0v) is 33.0. The van der Waals surface area contributed by atoms with Crippen LogP contribution in [0.2, 0.25) is 0 Å². The molecule has 0 aromatic carbocycles. The molecule has 0 saturated heterocycles. The molecule has 0 saturated carbocycles. The molecule has 0 aliphatic heterocycles. The molecule has 0 rings (SSSR count). The number of hydrogen-bond acceptors (Lipinski definition) is 11. The van der Waals surface area contributed by atoms with Gasteiger partial charge in [-0.25, -0.2) is 9.59 Å². The normalized spacial score (nSPS) is 13.3. The molecule has 0 unspecified atom stereocenters. The molecule has 51 heavy (non-hydrogen) atoms. The average molecular weight is 729 g/mol. The second-order valence-electron chi connectivity index (χ2n) is 16.3. The summed E-state index contributed by atoms with van der Waals surface area (Å²) in [6, 6.07) is -2.01. The molecule has 0 bridgehead atoms. The Labute approximate surface area is 304 Å². The molecule has 0 aliphatic carbocycles. The van der Waals surface area contributed by atoms with Crippen molar-refractivity contribution in [2.45, 2.75) is 144 Å². The van der Waals surface area contributed by atoms with Gasteiger partial charge in [0.05, 0.1) is 19.8 Å². The molecule has 0 heterocycles. The summed E-state index contributed by atoms with van der Waals surface area (Å²) in [5, 5.41) is 9.03. The Hall–Kier alpha value is -3.62. The number of hydrogen-bond donors (Lipinski definition) is 2. The van der Waals surface area contributed by atoms with Gasteiger partial charge in [-0.3, -0.25) is 14.4 Å². The number of azide groups is 1. The molecular weight excluding hydrogens is 664 g/mol. The number of carbonyl (C=O) groups excluding carboxylic acids is 5. The number of urea groups is 1. The third-order valence-electron chi connectivity index (χ3n) is 6.66. The lowest BCUT2D eigenvalue weighted by atomic mass is 9.84. The topological polar surface area (TPSA) is 208 Å². The maximum absolute atomic E-state index is 13.2. The van der Waals surface area contributed by atoms with Crippen LogP contribution in [0.5, 0.6) is 0 Å². The summed E-state index contributed by atoms with van der Waals surface area (Å²) in [6.45, 7) is 22.1. The van der Waals surface area contributed by atoms with E-state index in [0.717, 1.165) is 0 Å². The van der Waals surface area contributed by atoms with E-state index in [-0.39, 0.29) is 76.3 Å². The predicted molar refractivity (Wildman–Crippen MR) is 192 cm³/mol. The SMILES string of the molecule is CC(C)(C)OC(=O)CC[C@H](NC(=O)N[C@@H](CCCCN(CC(=O)OC(C)(C)C)C(=O)COCCOCCN=[N+]=[N-])C(C)(C)C)C(=O)OC(C)(C)C. The van der Waals surface area contributed by atoms with Crippen LogP contribution in [0.4, 0.5) is 4.79 Å². The van der Waals surface area contributed by atoms with E-state index in [9.17, 15) is 24.0 Å². The lowest BCUT2D eigenvalue weighted by Crippen LogP contribution is -2.53. The summed E-state index contributed by atoms with van der Waals surface area (Å²) < 4.78 is 27.0. The molecule has 3 amide bonds. The first kappa shape index (κ1) is 47.4. The Morgan fingerprint density at radius 2 is 1.29 bits per heavy atom. The fourth-order valence-electron chi connectivity index (χ4n) is 4.45. The van der Waals surface area contributed by atoms with Crippen molar-refractivity contribution in [2.24, 2.45) is 10.5 Å². The van der Waals surface area contributed by atoms with E-state index in [0.29, 0.717) is 19.3 Å². The number of nitrogens with one attached hydrogen (secondary N) is 2. The van der Waals surface area contributed by atoms with Crippen LogP contribution in [0.15, 0.2) is 5.11 Å². The molecule has 2 N–H and O–H groups in total. The lowest BCUT2D eigenvalue weighted by molar-refractivity contribution is -0.160. The Morgan fingerprint density at radius 1 is 0.725 bits per heavy atom. The van der Waals surface area contributed by atoms with E-state index in [4.69, 9.17) is 29.2 Å². The van der Waals surface area contributed by atoms with Gasteiger partial charge in [-0.1, -0.05) is 25.9 Å². The molecule has 2 atom stereocenters. The Kier molecular flexibility index (Phi) is 20.8. The highest BCUT2D eigenvalue weighted by Crippen LogP contribution is 2.24. The highest BCUT2D eigenvalue weighted by Gasteiger charge is 2.31. The Bertz CT molecular complexity index is 1160. The van der Waals surface area contributed by atoms with Crippen molar-refractivity contribution in [1.29, 1.82) is 0 Å². The summed E-state index contributed by atoms with van der Waals surface area (Å²) in [5.41, 5.74) is 5.71. The fourth-order valence-corrected chi connectivity index (χ4v) is 4.45. The van der Waals surface area contributed by atoms with E-state index in [2.05, 4.69) is 20.7 Å². The van der Waals surface area contributed by atoms with Crippen LogP contribution in [0.25, 0.3) is 10.4 Å². The van der Waals surface area contributed by atoms with Gasteiger partial charge in [0.2, 0.25) is 5.91 Å². The molecule has 0 spiro atoms. The average Bonchev–Trinajstić information content (AvgIpc) is 2.94. The molecular formula is C35H64N6O10. The number of unbranched alkanes of at least 4 members (excludes halogenated alkanes) is 1. The van der Waals surface area contributed by atoms with Gasteiger partial charge in [0.1, 0.15) is 36.0 Å². The predicted octanol–water partition coefficient (Wildman–Crippen LogP) is 5.22. The van der Waals surface area contributed by atoms with Gasteiger partial charge < -0.3 is 39.2 Å². The van der Waals surface area contributed by atoms with Crippen LogP contribution in [0.3, 0.4) is 0 Å². The minimum Gasteiger partial charge on any atom is -0.460 e. The van der Waals surface area contributed by atoms with Crippen molar-refractivity contribution in [3.05, 3.63) is 10.4 Å². The quantitative estimate of drug-likeness (QED) is 0.0393. The van der Waals surface area contributed by atoms with Crippen molar-refractivity contribution in [3.63, 3.8) is 0 Å². The summed E-state index contributed by atoms with van der Waals surface area (Å²) in [4.78, 5) is 68.3. The van der Waals surface area contributed by atoms with E-state index in [1.54, 1.807) is 62.3 Å². The monoisotopic (exact) mass is 728 g/mol. The van der Waals surface area contributed by atoms with Crippen molar-refractivity contribution >= 4 is 29.8 Å². The van der Waals surface area contributed by atoms with Crippen LogP contribution in [-0.4, -0.2) is 110 Å². The standard InChI is InChI=1S/C35H64N6O10/c1-32(2,3)26(39-31(46)38-25(30(45)51-35(10,11)12)16-17-28(43)49-33(4,5)6)15-13-14-19-41(23-29(44)50-34(7,8)9)27(42)24-48-22-21-47-20-18-37-40-36/h25-26H,13-24H2,1-12H3,(H2,38,39,46)/t25-,26-/m0/s1. The second kappa shape index (κ2) is 22.3. The molecule has 16 nitrogen and oxygen atoms in total. The summed E-state index contributed by atoms with van der Waals surface area (Å²) in [7, 11) is 0. The third kappa shape index (κ3) is 25.9. The molecule has 0 fully saturated rings. The summed E-state index contributed by atoms with van der Waals surface area (Å²) >= 11 is 0. The van der Waals surface area contributed by atoms with Crippen LogP contribution in [0, 0.1) is 5.41 Å². The Balaban J connectivity index is 5.42. The lowest BCUT2D eigenvalue weighted by Gasteiger charge is -2.33. The van der Waals surface area contributed by atoms with Crippen molar-refractivity contribution in [1.82, 2.24) is 15.5 Å². The number of esters is 3. The van der Waals surface area contributed by atoms with Gasteiger partial charge in [-0.2, -0.15) is 0 Å². The van der Waals surface area contributed by atoms with Gasteiger partial charge in [0.25, 0.3) is 0 Å². The van der Waals surface area contributed by atoms with E-state index in [1.165, 1.54) is 4.90 Å². The fraction of sp³-hybridized carbons (Fsp3) is 0.857. The van der Waals surface area contributed by atoms with Gasteiger partial charge in [-0.15, -0.1) is 0 Å². The van der Waals surface area contributed by atoms with E-state index < -0.39 is 46.8 Å². The maximum Gasteiger partial charge on any atom is 0.329 e. The molecule has 16 heteroatoms. The second-order valence-corrected chi connectivity index (χ2v) is 16.3. The molecule has 0 aromatic rings. The highest BCUT2D eigenvalue weighted by atomic mass is 16.6. The highest BCUT2D eigenvalue weighted by molar-refractivity contribution is 5.84. The minimum atomic E-state index is -1.09. The zero-order chi connectivity index (χ0) is 39.5. The van der Waals surface area contributed by atoms with Crippen LogP contribution >= 0.6 is 0 Å². The summed E-state index contributed by atoms with van der Waals surface area (Å²) in [6.07, 6.45) is 1.54. The first-order valence-electron chi connectivity index (χ1n) is 17.5. The third-order valence-corrected chi connectivity index (χ3v) is 6.66. The van der Waals surface area contributed by atoms with Crippen LogP contribution in [-0.2, 0) is 42.9 Å². The van der Waals surface area contributed by atoms with Gasteiger partial charge >= 0.3 is 23.9 Å². The van der Waals surface area contributed by atoms with Crippen molar-refractivity contribution < 1.29 is 47.7 Å². The van der Waals surface area contributed by atoms with Crippen LogP contribution < -0.4 is 10.6 Å². The number of nitrogens with zero attached hydrogens (tertiary/aromatic N) is 4. The first-order valence-corrected chi connectivity index (χ1v) is 17.5. The van der Waals surface area contributed by atoms with E-state index >= 15 is 0 Å². The van der Waals surface area contributed by atoms with Gasteiger partial charge in [0.15, 0.2) is 0 Å². The maximum atomic E-state index is 13.2. The minimum absolute atomic E-state index is 0.00684. The van der Waals surface area contributed by atoms with Gasteiger partial charge in [-0.05, 0) is 98.9 Å². The molecule has 0 aromatic heterocycles.